The number of amides is 1. The predicted octanol–water partition coefficient (Wildman–Crippen LogP) is 4.75. The molecule has 0 N–H and O–H groups in total. The number of thiophene rings is 1. The molecule has 0 saturated heterocycles. The Bertz CT molecular complexity index is 804. The monoisotopic (exact) mass is 357 g/mol. The van der Waals surface area contributed by atoms with Crippen LogP contribution >= 0.6 is 11.3 Å². The molecule has 0 aliphatic carbocycles. The molecule has 25 heavy (non-hydrogen) atoms. The summed E-state index contributed by atoms with van der Waals surface area (Å²) in [5.41, 5.74) is 2.81. The molecule has 2 aromatic rings. The van der Waals surface area contributed by atoms with Crippen LogP contribution in [-0.2, 0) is 11.2 Å². The second kappa shape index (κ2) is 6.64. The van der Waals surface area contributed by atoms with E-state index in [9.17, 15) is 9.59 Å². The third-order valence-electron chi connectivity index (χ3n) is 4.30. The minimum Gasteiger partial charge on any atom is -0.444 e. The van der Waals surface area contributed by atoms with Crippen LogP contribution in [0, 0.1) is 6.92 Å². The lowest BCUT2D eigenvalue weighted by atomic mass is 9.88. The standard InChI is InChI=1S/C20H23NO3S/c1-13-17(11-15(12-22)25-13)18-16-8-6-5-7-14(16)9-10-21(18)19(23)24-20(2,3)4/h5-8,11-12,18H,9-10H2,1-4H3. The average molecular weight is 357 g/mol. The molecular weight excluding hydrogens is 334 g/mol. The zero-order valence-corrected chi connectivity index (χ0v) is 15.9. The highest BCUT2D eigenvalue weighted by molar-refractivity contribution is 7.13. The van der Waals surface area contributed by atoms with E-state index in [2.05, 4.69) is 12.1 Å². The minimum atomic E-state index is -0.545. The summed E-state index contributed by atoms with van der Waals surface area (Å²) in [6.45, 7) is 8.22. The first-order valence-corrected chi connectivity index (χ1v) is 9.25. The fourth-order valence-corrected chi connectivity index (χ4v) is 4.14. The summed E-state index contributed by atoms with van der Waals surface area (Å²) < 4.78 is 5.64. The fourth-order valence-electron chi connectivity index (χ4n) is 3.27. The van der Waals surface area contributed by atoms with Crippen molar-refractivity contribution in [3.63, 3.8) is 0 Å². The van der Waals surface area contributed by atoms with E-state index in [-0.39, 0.29) is 12.1 Å². The summed E-state index contributed by atoms with van der Waals surface area (Å²) in [6, 6.07) is 9.87. The molecule has 1 aromatic carbocycles. The number of ether oxygens (including phenoxy) is 1. The van der Waals surface area contributed by atoms with Crippen LogP contribution in [0.2, 0.25) is 0 Å². The Morgan fingerprint density at radius 1 is 1.28 bits per heavy atom. The number of rotatable bonds is 2. The van der Waals surface area contributed by atoms with Gasteiger partial charge in [0.15, 0.2) is 6.29 Å². The highest BCUT2D eigenvalue weighted by atomic mass is 32.1. The van der Waals surface area contributed by atoms with Gasteiger partial charge in [-0.1, -0.05) is 24.3 Å². The normalized spacial score (nSPS) is 17.1. The lowest BCUT2D eigenvalue weighted by Crippen LogP contribution is -2.43. The third-order valence-corrected chi connectivity index (χ3v) is 5.29. The zero-order chi connectivity index (χ0) is 18.2. The van der Waals surface area contributed by atoms with Crippen LogP contribution < -0.4 is 0 Å². The van der Waals surface area contributed by atoms with Gasteiger partial charge in [-0.05, 0) is 56.9 Å². The van der Waals surface area contributed by atoms with Crippen molar-refractivity contribution < 1.29 is 14.3 Å². The maximum absolute atomic E-state index is 12.8. The molecule has 4 nitrogen and oxygen atoms in total. The summed E-state index contributed by atoms with van der Waals surface area (Å²) in [7, 11) is 0. The molecule has 1 amide bonds. The lowest BCUT2D eigenvalue weighted by Gasteiger charge is -2.38. The fraction of sp³-hybridized carbons (Fsp3) is 0.400. The van der Waals surface area contributed by atoms with E-state index in [1.54, 1.807) is 4.90 Å². The Hall–Kier alpha value is -2.14. The molecule has 0 spiro atoms. The van der Waals surface area contributed by atoms with Crippen LogP contribution in [0.25, 0.3) is 0 Å². The number of carbonyl (C=O) groups excluding carboxylic acids is 2. The van der Waals surface area contributed by atoms with E-state index < -0.39 is 5.60 Å². The summed E-state index contributed by atoms with van der Waals surface area (Å²) in [6.07, 6.45) is 1.36. The molecule has 1 aliphatic rings. The van der Waals surface area contributed by atoms with E-state index in [4.69, 9.17) is 4.74 Å². The number of fused-ring (bicyclic) bond motifs is 1. The Morgan fingerprint density at radius 2 is 2.00 bits per heavy atom. The minimum absolute atomic E-state index is 0.218. The SMILES string of the molecule is Cc1sc(C=O)cc1C1c2ccccc2CCN1C(=O)OC(C)(C)C. The van der Waals surface area contributed by atoms with Gasteiger partial charge >= 0.3 is 6.09 Å². The quantitative estimate of drug-likeness (QED) is 0.729. The van der Waals surface area contributed by atoms with E-state index in [1.165, 1.54) is 16.9 Å². The summed E-state index contributed by atoms with van der Waals surface area (Å²) in [5, 5.41) is 0. The summed E-state index contributed by atoms with van der Waals surface area (Å²) in [5.74, 6) is 0. The first-order chi connectivity index (χ1) is 11.8. The molecule has 1 unspecified atom stereocenters. The average Bonchev–Trinajstić information content (AvgIpc) is 2.93. The molecule has 132 valence electrons. The first kappa shape index (κ1) is 17.7. The van der Waals surface area contributed by atoms with E-state index in [0.29, 0.717) is 11.4 Å². The second-order valence-corrected chi connectivity index (χ2v) is 8.59. The third kappa shape index (κ3) is 3.61. The van der Waals surface area contributed by atoms with Crippen LogP contribution in [0.3, 0.4) is 0 Å². The molecule has 1 aromatic heterocycles. The van der Waals surface area contributed by atoms with Crippen molar-refractivity contribution in [1.29, 1.82) is 0 Å². The highest BCUT2D eigenvalue weighted by Crippen LogP contribution is 2.39. The van der Waals surface area contributed by atoms with Crippen LogP contribution in [-0.4, -0.2) is 29.4 Å². The molecule has 1 aliphatic heterocycles. The van der Waals surface area contributed by atoms with Gasteiger partial charge in [-0.3, -0.25) is 9.69 Å². The first-order valence-electron chi connectivity index (χ1n) is 8.43. The molecule has 0 fully saturated rings. The van der Waals surface area contributed by atoms with Crippen molar-refractivity contribution in [3.05, 3.63) is 56.8 Å². The van der Waals surface area contributed by atoms with E-state index in [0.717, 1.165) is 28.7 Å². The van der Waals surface area contributed by atoms with Crippen molar-refractivity contribution in [3.8, 4) is 0 Å². The molecular formula is C20H23NO3S. The van der Waals surface area contributed by atoms with Crippen molar-refractivity contribution >= 4 is 23.7 Å². The van der Waals surface area contributed by atoms with Gasteiger partial charge in [-0.25, -0.2) is 4.79 Å². The van der Waals surface area contributed by atoms with Crippen molar-refractivity contribution in [2.75, 3.05) is 6.54 Å². The number of carbonyl (C=O) groups is 2. The van der Waals surface area contributed by atoms with Gasteiger partial charge < -0.3 is 4.74 Å². The van der Waals surface area contributed by atoms with Gasteiger partial charge in [0.1, 0.15) is 5.60 Å². The maximum Gasteiger partial charge on any atom is 0.411 e. The molecule has 1 atom stereocenters. The topological polar surface area (TPSA) is 46.6 Å². The second-order valence-electron chi connectivity index (χ2n) is 7.30. The van der Waals surface area contributed by atoms with Gasteiger partial charge in [0.25, 0.3) is 0 Å². The number of nitrogens with zero attached hydrogens (tertiary/aromatic N) is 1. The smallest absolute Gasteiger partial charge is 0.411 e. The van der Waals surface area contributed by atoms with Gasteiger partial charge in [0, 0.05) is 11.4 Å². The Kier molecular flexibility index (Phi) is 4.69. The van der Waals surface area contributed by atoms with Crippen LogP contribution in [0.1, 0.15) is 58.1 Å². The summed E-state index contributed by atoms with van der Waals surface area (Å²) >= 11 is 1.46. The molecule has 0 radical (unpaired) electrons. The number of hydrogen-bond acceptors (Lipinski definition) is 4. The Labute approximate surface area is 152 Å². The van der Waals surface area contributed by atoms with Crippen molar-refractivity contribution in [1.82, 2.24) is 4.90 Å². The van der Waals surface area contributed by atoms with E-state index in [1.807, 2.05) is 45.9 Å². The number of benzene rings is 1. The molecule has 0 saturated carbocycles. The molecule has 0 bridgehead atoms. The Morgan fingerprint density at radius 3 is 2.64 bits per heavy atom. The Balaban J connectivity index is 2.07. The van der Waals surface area contributed by atoms with Gasteiger partial charge in [0.2, 0.25) is 0 Å². The number of aryl methyl sites for hydroxylation is 1. The van der Waals surface area contributed by atoms with Gasteiger partial charge in [-0.2, -0.15) is 0 Å². The maximum atomic E-state index is 12.8. The molecule has 5 heteroatoms. The highest BCUT2D eigenvalue weighted by Gasteiger charge is 2.35. The van der Waals surface area contributed by atoms with Gasteiger partial charge in [0.05, 0.1) is 10.9 Å². The largest absolute Gasteiger partial charge is 0.444 e. The summed E-state index contributed by atoms with van der Waals surface area (Å²) in [4.78, 5) is 27.6. The van der Waals surface area contributed by atoms with Crippen LogP contribution in [0.5, 0.6) is 0 Å². The van der Waals surface area contributed by atoms with Crippen molar-refractivity contribution in [2.24, 2.45) is 0 Å². The van der Waals surface area contributed by atoms with Crippen molar-refractivity contribution in [2.45, 2.75) is 45.8 Å². The molecule has 3 rings (SSSR count). The van der Waals surface area contributed by atoms with E-state index >= 15 is 0 Å². The number of aldehydes is 1. The predicted molar refractivity (Wildman–Crippen MR) is 99.4 cm³/mol. The lowest BCUT2D eigenvalue weighted by molar-refractivity contribution is 0.0178. The molecule has 2 heterocycles. The zero-order valence-electron chi connectivity index (χ0n) is 15.0. The van der Waals surface area contributed by atoms with Crippen LogP contribution in [0.4, 0.5) is 4.79 Å². The van der Waals surface area contributed by atoms with Gasteiger partial charge in [-0.15, -0.1) is 11.3 Å². The number of hydrogen-bond donors (Lipinski definition) is 0. The van der Waals surface area contributed by atoms with Crippen LogP contribution in [0.15, 0.2) is 30.3 Å².